The van der Waals surface area contributed by atoms with E-state index in [4.69, 9.17) is 14.7 Å². The summed E-state index contributed by atoms with van der Waals surface area (Å²) in [7, 11) is 4.90. The van der Waals surface area contributed by atoms with Gasteiger partial charge in [0.05, 0.1) is 25.6 Å². The molecule has 1 heterocycles. The summed E-state index contributed by atoms with van der Waals surface area (Å²) in [5.74, 6) is 6.31. The number of nitrogens with zero attached hydrogens (tertiary/aromatic N) is 3. The number of aliphatic imine (C=N–C) groups is 1. The predicted molar refractivity (Wildman–Crippen MR) is 116 cm³/mol. The van der Waals surface area contributed by atoms with E-state index in [1.165, 1.54) is 0 Å². The molecule has 3 rings (SSSR count). The summed E-state index contributed by atoms with van der Waals surface area (Å²) in [4.78, 5) is 18.7. The molecule has 2 aromatic carbocycles. The first-order valence-corrected chi connectivity index (χ1v) is 9.62. The van der Waals surface area contributed by atoms with Crippen molar-refractivity contribution in [1.82, 2.24) is 0 Å². The van der Waals surface area contributed by atoms with Crippen LogP contribution in [0, 0.1) is 23.2 Å². The molecule has 0 fully saturated rings. The van der Waals surface area contributed by atoms with Gasteiger partial charge < -0.3 is 14.4 Å². The Bertz CT molecular complexity index is 1090. The second-order valence-electron chi connectivity index (χ2n) is 6.81. The zero-order valence-electron chi connectivity index (χ0n) is 17.4. The van der Waals surface area contributed by atoms with E-state index in [1.807, 2.05) is 30.3 Å². The van der Waals surface area contributed by atoms with E-state index in [1.54, 1.807) is 26.2 Å². The van der Waals surface area contributed by atoms with Crippen LogP contribution >= 0.6 is 0 Å². The molecule has 6 nitrogen and oxygen atoms in total. The van der Waals surface area contributed by atoms with Crippen LogP contribution in [0.3, 0.4) is 0 Å². The molecule has 0 bridgehead atoms. The largest absolute Gasteiger partial charge is 0.493 e. The number of aryl methyl sites for hydroxylation is 1. The summed E-state index contributed by atoms with van der Waals surface area (Å²) in [6.07, 6.45) is 2.39. The Balaban J connectivity index is 2.00. The smallest absolute Gasteiger partial charge is 0.248 e. The zero-order valence-corrected chi connectivity index (χ0v) is 17.4. The van der Waals surface area contributed by atoms with Crippen molar-refractivity contribution in [3.05, 3.63) is 53.1 Å². The van der Waals surface area contributed by atoms with Gasteiger partial charge in [0.15, 0.2) is 17.6 Å². The average Bonchev–Trinajstić information content (AvgIpc) is 2.89. The summed E-state index contributed by atoms with van der Waals surface area (Å²) >= 11 is 0. The average molecular weight is 401 g/mol. The number of benzene rings is 2. The van der Waals surface area contributed by atoms with E-state index >= 15 is 0 Å². The van der Waals surface area contributed by atoms with Crippen LogP contribution in [-0.4, -0.2) is 39.4 Å². The number of methoxy groups -OCH3 is 2. The first-order valence-electron chi connectivity index (χ1n) is 9.62. The number of nitriles is 1. The summed E-state index contributed by atoms with van der Waals surface area (Å²) in [5.41, 5.74) is 4.38. The van der Waals surface area contributed by atoms with Crippen LogP contribution in [0.1, 0.15) is 29.5 Å². The second kappa shape index (κ2) is 9.62. The van der Waals surface area contributed by atoms with Crippen LogP contribution in [0.25, 0.3) is 0 Å². The van der Waals surface area contributed by atoms with Gasteiger partial charge in [-0.15, -0.1) is 0 Å². The van der Waals surface area contributed by atoms with E-state index in [-0.39, 0.29) is 12.5 Å². The highest BCUT2D eigenvalue weighted by Crippen LogP contribution is 2.37. The number of hydrogen-bond donors (Lipinski definition) is 0. The van der Waals surface area contributed by atoms with E-state index in [0.717, 1.165) is 40.9 Å². The van der Waals surface area contributed by atoms with E-state index in [0.29, 0.717) is 17.9 Å². The van der Waals surface area contributed by atoms with Crippen LogP contribution in [0.15, 0.2) is 41.4 Å². The lowest BCUT2D eigenvalue weighted by Gasteiger charge is -2.20. The standard InChI is InChI=1S/C24H23N3O3/c1-27-20-15-22(30-3)21(29-2)14-19(20)24(26-16-23(27)28)18-11-8-10-17(13-18)9-6-4-5-7-12-25/h8,10-11,13-15H,4,6,9,16H2,1-3H3. The van der Waals surface area contributed by atoms with E-state index < -0.39 is 0 Å². The molecule has 0 atom stereocenters. The van der Waals surface area contributed by atoms with Crippen molar-refractivity contribution in [1.29, 1.82) is 5.26 Å². The van der Waals surface area contributed by atoms with Gasteiger partial charge in [-0.3, -0.25) is 9.79 Å². The van der Waals surface area contributed by atoms with Gasteiger partial charge in [-0.2, -0.15) is 5.26 Å². The molecule has 0 saturated heterocycles. The van der Waals surface area contributed by atoms with Crippen molar-refractivity contribution in [2.75, 3.05) is 32.7 Å². The molecule has 0 aromatic heterocycles. The van der Waals surface area contributed by atoms with Crippen molar-refractivity contribution < 1.29 is 14.3 Å². The Hall–Kier alpha value is -3.77. The number of ether oxygens (including phenoxy) is 2. The summed E-state index contributed by atoms with van der Waals surface area (Å²) in [5, 5.41) is 8.49. The Kier molecular flexibility index (Phi) is 6.72. The number of unbranched alkanes of at least 4 members (excludes halogenated alkanes) is 1. The van der Waals surface area contributed by atoms with Crippen LogP contribution in [0.5, 0.6) is 11.5 Å². The van der Waals surface area contributed by atoms with E-state index in [2.05, 4.69) is 29.0 Å². The number of carbonyl (C=O) groups is 1. The van der Waals surface area contributed by atoms with Crippen molar-refractivity contribution in [3.63, 3.8) is 0 Å². The highest BCUT2D eigenvalue weighted by molar-refractivity contribution is 6.20. The molecule has 6 heteroatoms. The van der Waals surface area contributed by atoms with Gasteiger partial charge in [-0.1, -0.05) is 24.1 Å². The number of likely N-dealkylation sites (N-methyl/N-ethyl adjacent to an activating group) is 1. The molecular weight excluding hydrogens is 378 g/mol. The van der Waals surface area contributed by atoms with Gasteiger partial charge in [0.2, 0.25) is 5.91 Å². The molecule has 0 N–H and O–H groups in total. The third kappa shape index (κ3) is 4.45. The Morgan fingerprint density at radius 2 is 1.93 bits per heavy atom. The van der Waals surface area contributed by atoms with Crippen LogP contribution < -0.4 is 14.4 Å². The fourth-order valence-electron chi connectivity index (χ4n) is 3.41. The fourth-order valence-corrected chi connectivity index (χ4v) is 3.41. The normalized spacial score (nSPS) is 12.7. The first kappa shape index (κ1) is 21.0. The van der Waals surface area contributed by atoms with Gasteiger partial charge in [0.25, 0.3) is 0 Å². The Morgan fingerprint density at radius 3 is 2.67 bits per heavy atom. The molecule has 0 radical (unpaired) electrons. The van der Waals surface area contributed by atoms with Gasteiger partial charge in [0.1, 0.15) is 6.54 Å². The second-order valence-corrected chi connectivity index (χ2v) is 6.81. The van der Waals surface area contributed by atoms with Crippen molar-refractivity contribution in [2.45, 2.75) is 19.3 Å². The topological polar surface area (TPSA) is 74.9 Å². The monoisotopic (exact) mass is 401 g/mol. The molecule has 0 unspecified atom stereocenters. The van der Waals surface area contributed by atoms with Crippen molar-refractivity contribution in [3.8, 4) is 29.4 Å². The van der Waals surface area contributed by atoms with Gasteiger partial charge >= 0.3 is 0 Å². The number of amides is 1. The molecular formula is C24H23N3O3. The molecule has 30 heavy (non-hydrogen) atoms. The van der Waals surface area contributed by atoms with E-state index in [9.17, 15) is 4.79 Å². The minimum Gasteiger partial charge on any atom is -0.493 e. The fraction of sp³-hybridized carbons (Fsp3) is 0.292. The first-order chi connectivity index (χ1) is 14.6. The van der Waals surface area contributed by atoms with Gasteiger partial charge in [-0.25, -0.2) is 0 Å². The van der Waals surface area contributed by atoms with Crippen LogP contribution in [-0.2, 0) is 11.2 Å². The molecule has 1 aliphatic heterocycles. The third-order valence-electron chi connectivity index (χ3n) is 4.98. The zero-order chi connectivity index (χ0) is 21.5. The SMILES string of the molecule is COc1cc2c(cc1OC)N(C)C(=O)CN=C2c1cccc(CCCC#CC#N)c1. The van der Waals surface area contributed by atoms with Crippen molar-refractivity contribution in [2.24, 2.45) is 4.99 Å². The molecule has 1 aliphatic rings. The highest BCUT2D eigenvalue weighted by Gasteiger charge is 2.25. The predicted octanol–water partition coefficient (Wildman–Crippen LogP) is 3.37. The lowest BCUT2D eigenvalue weighted by molar-refractivity contribution is -0.116. The van der Waals surface area contributed by atoms with Gasteiger partial charge in [-0.05, 0) is 30.5 Å². The maximum Gasteiger partial charge on any atom is 0.248 e. The summed E-state index contributed by atoms with van der Waals surface area (Å²) < 4.78 is 10.9. The number of fused-ring (bicyclic) bond motifs is 1. The Morgan fingerprint density at radius 1 is 1.17 bits per heavy atom. The van der Waals surface area contributed by atoms with Crippen molar-refractivity contribution >= 4 is 17.3 Å². The number of carbonyl (C=O) groups excluding carboxylic acids is 1. The maximum absolute atomic E-state index is 12.5. The Labute approximate surface area is 176 Å². The minimum absolute atomic E-state index is 0.0686. The summed E-state index contributed by atoms with van der Waals surface area (Å²) in [6, 6.07) is 13.6. The molecule has 2 aromatic rings. The minimum atomic E-state index is -0.0920. The maximum atomic E-state index is 12.5. The van der Waals surface area contributed by atoms with Crippen LogP contribution in [0.2, 0.25) is 0 Å². The number of anilines is 1. The molecule has 0 spiro atoms. The molecule has 1 amide bonds. The number of rotatable bonds is 6. The summed E-state index contributed by atoms with van der Waals surface area (Å²) in [6.45, 7) is 0.0686. The molecule has 0 aliphatic carbocycles. The highest BCUT2D eigenvalue weighted by atomic mass is 16.5. The van der Waals surface area contributed by atoms with Crippen LogP contribution in [0.4, 0.5) is 5.69 Å². The quantitative estimate of drug-likeness (QED) is 0.549. The lowest BCUT2D eigenvalue weighted by Crippen LogP contribution is -2.27. The third-order valence-corrected chi connectivity index (χ3v) is 4.98. The molecule has 152 valence electrons. The van der Waals surface area contributed by atoms with Gasteiger partial charge in [0, 0.05) is 36.6 Å². The lowest BCUT2D eigenvalue weighted by atomic mass is 9.96. The number of benzodiazepines with no additional fused rings is 1. The number of hydrogen-bond acceptors (Lipinski definition) is 5. The molecule has 0 saturated carbocycles.